The van der Waals surface area contributed by atoms with E-state index in [2.05, 4.69) is 22.3 Å². The maximum absolute atomic E-state index is 5.57. The van der Waals surface area contributed by atoms with E-state index in [1.807, 2.05) is 12.1 Å². The van der Waals surface area contributed by atoms with Crippen molar-refractivity contribution >= 4 is 0 Å². The van der Waals surface area contributed by atoms with Crippen molar-refractivity contribution in [3.63, 3.8) is 0 Å². The molecule has 2 fully saturated rings. The Morgan fingerprint density at radius 3 is 2.67 bits per heavy atom. The van der Waals surface area contributed by atoms with Gasteiger partial charge in [-0.05, 0) is 37.0 Å². The lowest BCUT2D eigenvalue weighted by Crippen LogP contribution is -2.10. The number of nitrogens with zero attached hydrogens (tertiary/aromatic N) is 2. The van der Waals surface area contributed by atoms with Gasteiger partial charge in [0, 0.05) is 12.5 Å². The molecule has 5 nitrogen and oxygen atoms in total. The van der Waals surface area contributed by atoms with Crippen molar-refractivity contribution < 1.29 is 14.0 Å². The van der Waals surface area contributed by atoms with E-state index in [4.69, 9.17) is 14.0 Å². The number of methoxy groups -OCH3 is 1. The zero-order chi connectivity index (χ0) is 14.3. The van der Waals surface area contributed by atoms with Crippen LogP contribution in [0.1, 0.15) is 42.5 Å². The van der Waals surface area contributed by atoms with Crippen LogP contribution in [-0.4, -0.2) is 30.5 Å². The summed E-state index contributed by atoms with van der Waals surface area (Å²) in [5, 5.41) is 4.17. The van der Waals surface area contributed by atoms with Gasteiger partial charge in [-0.1, -0.05) is 17.3 Å². The topological polar surface area (TPSA) is 57.4 Å². The van der Waals surface area contributed by atoms with Crippen molar-refractivity contribution in [1.29, 1.82) is 0 Å². The number of benzene rings is 1. The molecule has 21 heavy (non-hydrogen) atoms. The Hall–Kier alpha value is -1.88. The second kappa shape index (κ2) is 4.84. The zero-order valence-corrected chi connectivity index (χ0v) is 12.0. The van der Waals surface area contributed by atoms with Crippen LogP contribution in [0.15, 0.2) is 28.8 Å². The molecule has 0 amide bonds. The lowest BCUT2D eigenvalue weighted by atomic mass is 9.96. The lowest BCUT2D eigenvalue weighted by molar-refractivity contribution is 0.192. The molecular weight excluding hydrogens is 268 g/mol. The minimum absolute atomic E-state index is 0.0863. The van der Waals surface area contributed by atoms with Crippen LogP contribution in [0, 0.1) is 0 Å². The average Bonchev–Trinajstić information content (AvgIpc) is 2.95. The second-order valence-corrected chi connectivity index (χ2v) is 5.83. The van der Waals surface area contributed by atoms with Gasteiger partial charge < -0.3 is 14.0 Å². The minimum atomic E-state index is -0.0863. The fraction of sp³-hybridized carbons (Fsp3) is 0.500. The average molecular weight is 286 g/mol. The van der Waals surface area contributed by atoms with E-state index in [-0.39, 0.29) is 11.3 Å². The smallest absolute Gasteiger partial charge is 0.237 e. The molecule has 2 aliphatic rings. The summed E-state index contributed by atoms with van der Waals surface area (Å²) >= 11 is 0. The quantitative estimate of drug-likeness (QED) is 0.865. The van der Waals surface area contributed by atoms with Crippen LogP contribution in [0.2, 0.25) is 0 Å². The predicted molar refractivity (Wildman–Crippen MR) is 75.5 cm³/mol. The van der Waals surface area contributed by atoms with Crippen LogP contribution >= 0.6 is 0 Å². The Bertz CT molecular complexity index is 625. The molecule has 1 aliphatic carbocycles. The van der Waals surface area contributed by atoms with Crippen LogP contribution in [0.4, 0.5) is 0 Å². The van der Waals surface area contributed by atoms with Crippen molar-refractivity contribution in [2.75, 3.05) is 20.3 Å². The SMILES string of the molecule is COc1ccc(C2(c3nc([C@@H]4CCOC4)no3)CC2)cc1. The molecule has 0 bridgehead atoms. The van der Waals surface area contributed by atoms with E-state index >= 15 is 0 Å². The van der Waals surface area contributed by atoms with Crippen molar-refractivity contribution in [2.24, 2.45) is 0 Å². The highest BCUT2D eigenvalue weighted by atomic mass is 16.5. The minimum Gasteiger partial charge on any atom is -0.497 e. The normalized spacial score (nSPS) is 23.2. The number of ether oxygens (including phenoxy) is 2. The molecule has 2 heterocycles. The number of rotatable bonds is 4. The Morgan fingerprint density at radius 1 is 1.24 bits per heavy atom. The molecule has 1 aromatic carbocycles. The van der Waals surface area contributed by atoms with Gasteiger partial charge >= 0.3 is 0 Å². The van der Waals surface area contributed by atoms with Gasteiger partial charge in [-0.25, -0.2) is 0 Å². The van der Waals surface area contributed by atoms with Gasteiger partial charge in [0.1, 0.15) is 5.75 Å². The van der Waals surface area contributed by atoms with Crippen molar-refractivity contribution in [2.45, 2.75) is 30.6 Å². The summed E-state index contributed by atoms with van der Waals surface area (Å²) in [4.78, 5) is 4.66. The Labute approximate surface area is 123 Å². The fourth-order valence-corrected chi connectivity index (χ4v) is 2.99. The van der Waals surface area contributed by atoms with Gasteiger partial charge in [0.15, 0.2) is 5.82 Å². The molecule has 0 unspecified atom stereocenters. The molecule has 0 N–H and O–H groups in total. The predicted octanol–water partition coefficient (Wildman–Crippen LogP) is 2.66. The molecule has 0 radical (unpaired) electrons. The first-order valence-electron chi connectivity index (χ1n) is 7.38. The summed E-state index contributed by atoms with van der Waals surface area (Å²) < 4.78 is 16.2. The molecule has 1 aliphatic heterocycles. The zero-order valence-electron chi connectivity index (χ0n) is 12.0. The number of hydrogen-bond donors (Lipinski definition) is 0. The number of aromatic nitrogens is 2. The molecule has 1 saturated carbocycles. The van der Waals surface area contributed by atoms with Gasteiger partial charge in [-0.3, -0.25) is 0 Å². The third-order valence-electron chi connectivity index (χ3n) is 4.54. The summed E-state index contributed by atoms with van der Waals surface area (Å²) in [5.74, 6) is 2.69. The summed E-state index contributed by atoms with van der Waals surface area (Å²) in [6.45, 7) is 1.49. The van der Waals surface area contributed by atoms with Crippen LogP contribution in [0.3, 0.4) is 0 Å². The standard InChI is InChI=1S/C16H18N2O3/c1-19-13-4-2-12(3-5-13)16(7-8-16)15-17-14(18-21-15)11-6-9-20-10-11/h2-5,11H,6-10H2,1H3/t11-/m1/s1. The van der Waals surface area contributed by atoms with Crippen LogP contribution in [0.25, 0.3) is 0 Å². The van der Waals surface area contributed by atoms with Crippen LogP contribution in [0.5, 0.6) is 5.75 Å². The molecule has 4 rings (SSSR count). The second-order valence-electron chi connectivity index (χ2n) is 5.83. The van der Waals surface area contributed by atoms with Gasteiger partial charge in [-0.15, -0.1) is 0 Å². The monoisotopic (exact) mass is 286 g/mol. The van der Waals surface area contributed by atoms with E-state index in [1.165, 1.54) is 5.56 Å². The third kappa shape index (κ3) is 2.12. The highest BCUT2D eigenvalue weighted by Crippen LogP contribution is 2.53. The first-order chi connectivity index (χ1) is 10.3. The van der Waals surface area contributed by atoms with Crippen LogP contribution in [-0.2, 0) is 10.2 Å². The highest BCUT2D eigenvalue weighted by Gasteiger charge is 2.51. The first kappa shape index (κ1) is 12.8. The third-order valence-corrected chi connectivity index (χ3v) is 4.54. The molecule has 5 heteroatoms. The van der Waals surface area contributed by atoms with Crippen LogP contribution < -0.4 is 4.74 Å². The summed E-state index contributed by atoms with van der Waals surface area (Å²) in [6, 6.07) is 8.15. The van der Waals surface area contributed by atoms with E-state index < -0.39 is 0 Å². The van der Waals surface area contributed by atoms with E-state index in [0.29, 0.717) is 6.61 Å². The molecule has 1 saturated heterocycles. The van der Waals surface area contributed by atoms with Gasteiger partial charge in [0.2, 0.25) is 5.89 Å². The Morgan fingerprint density at radius 2 is 2.05 bits per heavy atom. The fourth-order valence-electron chi connectivity index (χ4n) is 2.99. The van der Waals surface area contributed by atoms with Gasteiger partial charge in [0.05, 0.1) is 19.1 Å². The summed E-state index contributed by atoms with van der Waals surface area (Å²) in [5.41, 5.74) is 1.14. The van der Waals surface area contributed by atoms with Crippen molar-refractivity contribution in [3.8, 4) is 5.75 Å². The van der Waals surface area contributed by atoms with Crippen molar-refractivity contribution in [1.82, 2.24) is 10.1 Å². The van der Waals surface area contributed by atoms with Crippen molar-refractivity contribution in [3.05, 3.63) is 41.5 Å². The molecule has 110 valence electrons. The molecule has 1 atom stereocenters. The summed E-state index contributed by atoms with van der Waals surface area (Å²) in [7, 11) is 1.68. The number of hydrogen-bond acceptors (Lipinski definition) is 5. The Kier molecular flexibility index (Phi) is 2.96. The van der Waals surface area contributed by atoms with Gasteiger partial charge in [0.25, 0.3) is 0 Å². The first-order valence-corrected chi connectivity index (χ1v) is 7.38. The maximum Gasteiger partial charge on any atom is 0.237 e. The molecule has 1 aromatic heterocycles. The largest absolute Gasteiger partial charge is 0.497 e. The Balaban J connectivity index is 1.62. The highest BCUT2D eigenvalue weighted by molar-refractivity contribution is 5.41. The maximum atomic E-state index is 5.57. The van der Waals surface area contributed by atoms with E-state index in [9.17, 15) is 0 Å². The summed E-state index contributed by atoms with van der Waals surface area (Å²) in [6.07, 6.45) is 3.10. The van der Waals surface area contributed by atoms with Gasteiger partial charge in [-0.2, -0.15) is 4.98 Å². The van der Waals surface area contributed by atoms with E-state index in [1.54, 1.807) is 7.11 Å². The molecule has 0 spiro atoms. The molecular formula is C16H18N2O3. The lowest BCUT2D eigenvalue weighted by Gasteiger charge is -2.11. The molecule has 2 aromatic rings. The van der Waals surface area contributed by atoms with E-state index in [0.717, 1.165) is 43.3 Å².